The van der Waals surface area contributed by atoms with E-state index >= 15 is 0 Å². The summed E-state index contributed by atoms with van der Waals surface area (Å²) >= 11 is 0. The van der Waals surface area contributed by atoms with Gasteiger partial charge in [-0.2, -0.15) is 5.10 Å². The van der Waals surface area contributed by atoms with E-state index in [2.05, 4.69) is 10.2 Å². The number of H-pyrrole nitrogens is 1. The number of aromatic amines is 1. The van der Waals surface area contributed by atoms with Crippen molar-refractivity contribution in [2.75, 3.05) is 0 Å². The average Bonchev–Trinajstić information content (AvgIpc) is 1.99. The van der Waals surface area contributed by atoms with Crippen LogP contribution in [0.15, 0.2) is 17.1 Å². The number of nitrogens with one attached hydrogen (secondary N) is 1. The van der Waals surface area contributed by atoms with Gasteiger partial charge in [-0.1, -0.05) is 12.2 Å². The third-order valence-electron chi connectivity index (χ3n) is 1.49. The van der Waals surface area contributed by atoms with Crippen LogP contribution in [0.3, 0.4) is 0 Å². The van der Waals surface area contributed by atoms with Gasteiger partial charge in [-0.05, 0) is 13.8 Å². The number of nitrogens with zero attached hydrogens (tertiary/aromatic N) is 1. The lowest BCUT2D eigenvalue weighted by Gasteiger charge is -1.94. The lowest BCUT2D eigenvalue weighted by Crippen LogP contribution is -2.11. The van der Waals surface area contributed by atoms with Gasteiger partial charge in [-0.3, -0.25) is 4.79 Å². The Morgan fingerprint density at radius 1 is 1.64 bits per heavy atom. The molecule has 0 saturated heterocycles. The highest BCUT2D eigenvalue weighted by atomic mass is 16.1. The SMILES string of the molecule is C/C=C\c1cn[nH]c(=O)c1C. The molecule has 1 aromatic heterocycles. The van der Waals surface area contributed by atoms with Crippen molar-refractivity contribution in [1.82, 2.24) is 10.2 Å². The third kappa shape index (κ3) is 1.55. The highest BCUT2D eigenvalue weighted by Crippen LogP contribution is 2.00. The fourth-order valence-corrected chi connectivity index (χ4v) is 0.820. The van der Waals surface area contributed by atoms with Crippen molar-refractivity contribution in [1.29, 1.82) is 0 Å². The van der Waals surface area contributed by atoms with E-state index in [0.717, 1.165) is 5.56 Å². The molecule has 1 N–H and O–H groups in total. The van der Waals surface area contributed by atoms with Gasteiger partial charge in [0.15, 0.2) is 0 Å². The molecule has 58 valence electrons. The lowest BCUT2D eigenvalue weighted by atomic mass is 10.2. The summed E-state index contributed by atoms with van der Waals surface area (Å²) in [5.74, 6) is 0. The molecule has 0 unspecified atom stereocenters. The monoisotopic (exact) mass is 150 g/mol. The predicted molar refractivity (Wildman–Crippen MR) is 44.3 cm³/mol. The number of rotatable bonds is 1. The Balaban J connectivity index is 3.27. The fraction of sp³-hybridized carbons (Fsp3) is 0.250. The molecule has 1 aromatic rings. The van der Waals surface area contributed by atoms with Crippen LogP contribution in [0.25, 0.3) is 6.08 Å². The summed E-state index contributed by atoms with van der Waals surface area (Å²) in [6.45, 7) is 3.68. The van der Waals surface area contributed by atoms with Crippen molar-refractivity contribution in [3.05, 3.63) is 33.8 Å². The number of hydrogen-bond acceptors (Lipinski definition) is 2. The normalized spacial score (nSPS) is 10.7. The van der Waals surface area contributed by atoms with Crippen LogP contribution in [-0.4, -0.2) is 10.2 Å². The van der Waals surface area contributed by atoms with Crippen molar-refractivity contribution in [2.24, 2.45) is 0 Å². The van der Waals surface area contributed by atoms with Gasteiger partial charge in [-0.25, -0.2) is 5.10 Å². The third-order valence-corrected chi connectivity index (χ3v) is 1.49. The summed E-state index contributed by atoms with van der Waals surface area (Å²) < 4.78 is 0. The van der Waals surface area contributed by atoms with E-state index in [1.165, 1.54) is 0 Å². The van der Waals surface area contributed by atoms with Gasteiger partial charge in [-0.15, -0.1) is 0 Å². The zero-order chi connectivity index (χ0) is 8.27. The first kappa shape index (κ1) is 7.72. The summed E-state index contributed by atoms with van der Waals surface area (Å²) in [5, 5.41) is 6.03. The fourth-order valence-electron chi connectivity index (χ4n) is 0.820. The van der Waals surface area contributed by atoms with Crippen molar-refractivity contribution in [3.63, 3.8) is 0 Å². The van der Waals surface area contributed by atoms with Crippen LogP contribution in [0.4, 0.5) is 0 Å². The van der Waals surface area contributed by atoms with Crippen LogP contribution in [0.5, 0.6) is 0 Å². The molecule has 0 aliphatic heterocycles. The zero-order valence-electron chi connectivity index (χ0n) is 6.59. The Morgan fingerprint density at radius 3 is 3.00 bits per heavy atom. The van der Waals surface area contributed by atoms with Crippen LogP contribution < -0.4 is 5.56 Å². The van der Waals surface area contributed by atoms with Crippen molar-refractivity contribution in [3.8, 4) is 0 Å². The Kier molecular flexibility index (Phi) is 2.21. The maximum Gasteiger partial charge on any atom is 0.267 e. The molecule has 0 amide bonds. The van der Waals surface area contributed by atoms with Gasteiger partial charge < -0.3 is 0 Å². The van der Waals surface area contributed by atoms with Gasteiger partial charge in [0.2, 0.25) is 0 Å². The first-order chi connectivity index (χ1) is 5.25. The molecule has 0 radical (unpaired) electrons. The van der Waals surface area contributed by atoms with Crippen LogP contribution >= 0.6 is 0 Å². The standard InChI is InChI=1S/C8H10N2O/c1-3-4-7-5-9-10-8(11)6(7)2/h3-5H,1-2H3,(H,10,11)/b4-3-. The van der Waals surface area contributed by atoms with Gasteiger partial charge in [0.25, 0.3) is 5.56 Å². The molecule has 0 aromatic carbocycles. The second-order valence-corrected chi connectivity index (χ2v) is 2.28. The first-order valence-electron chi connectivity index (χ1n) is 3.42. The van der Waals surface area contributed by atoms with E-state index in [0.29, 0.717) is 5.56 Å². The van der Waals surface area contributed by atoms with E-state index < -0.39 is 0 Å². The number of allylic oxidation sites excluding steroid dienone is 1. The van der Waals surface area contributed by atoms with E-state index in [-0.39, 0.29) is 5.56 Å². The zero-order valence-corrected chi connectivity index (χ0v) is 6.59. The average molecular weight is 150 g/mol. The molecule has 1 heterocycles. The molecule has 3 heteroatoms. The minimum Gasteiger partial charge on any atom is -0.268 e. The molecule has 1 rings (SSSR count). The Hall–Kier alpha value is -1.38. The summed E-state index contributed by atoms with van der Waals surface area (Å²) in [5.41, 5.74) is 1.45. The molecule has 0 bridgehead atoms. The second-order valence-electron chi connectivity index (χ2n) is 2.28. The molecule has 11 heavy (non-hydrogen) atoms. The van der Waals surface area contributed by atoms with Gasteiger partial charge in [0.05, 0.1) is 6.20 Å². The highest BCUT2D eigenvalue weighted by molar-refractivity contribution is 5.50. The molecule has 3 nitrogen and oxygen atoms in total. The molecular formula is C8H10N2O. The van der Waals surface area contributed by atoms with E-state index in [1.54, 1.807) is 13.1 Å². The Morgan fingerprint density at radius 2 is 2.36 bits per heavy atom. The first-order valence-corrected chi connectivity index (χ1v) is 3.42. The highest BCUT2D eigenvalue weighted by Gasteiger charge is 1.96. The van der Waals surface area contributed by atoms with Gasteiger partial charge >= 0.3 is 0 Å². The van der Waals surface area contributed by atoms with Crippen molar-refractivity contribution < 1.29 is 0 Å². The molecule has 0 atom stereocenters. The van der Waals surface area contributed by atoms with E-state index in [4.69, 9.17) is 0 Å². The van der Waals surface area contributed by atoms with Crippen molar-refractivity contribution in [2.45, 2.75) is 13.8 Å². The van der Waals surface area contributed by atoms with Crippen LogP contribution in [0, 0.1) is 6.92 Å². The molecule has 0 aliphatic rings. The summed E-state index contributed by atoms with van der Waals surface area (Å²) in [6.07, 6.45) is 5.37. The molecule has 0 fully saturated rings. The van der Waals surface area contributed by atoms with Crippen molar-refractivity contribution >= 4 is 6.08 Å². The van der Waals surface area contributed by atoms with Crippen LogP contribution in [0.1, 0.15) is 18.1 Å². The minimum absolute atomic E-state index is 0.124. The minimum atomic E-state index is -0.124. The number of hydrogen-bond donors (Lipinski definition) is 1. The van der Waals surface area contributed by atoms with E-state index in [9.17, 15) is 4.79 Å². The maximum atomic E-state index is 11.0. The Bertz CT molecular complexity index is 325. The summed E-state index contributed by atoms with van der Waals surface area (Å²) in [4.78, 5) is 11.0. The smallest absolute Gasteiger partial charge is 0.267 e. The van der Waals surface area contributed by atoms with E-state index in [1.807, 2.05) is 19.1 Å². The molecule has 0 spiro atoms. The Labute approximate surface area is 64.8 Å². The molecule has 0 aliphatic carbocycles. The second kappa shape index (κ2) is 3.14. The predicted octanol–water partition coefficient (Wildman–Crippen LogP) is 1.11. The lowest BCUT2D eigenvalue weighted by molar-refractivity contribution is 0.964. The quantitative estimate of drug-likeness (QED) is 0.651. The largest absolute Gasteiger partial charge is 0.268 e. The summed E-state index contributed by atoms with van der Waals surface area (Å²) in [6, 6.07) is 0. The van der Waals surface area contributed by atoms with Crippen LogP contribution in [0.2, 0.25) is 0 Å². The number of aromatic nitrogens is 2. The van der Waals surface area contributed by atoms with Gasteiger partial charge in [0.1, 0.15) is 0 Å². The maximum absolute atomic E-state index is 11.0. The topological polar surface area (TPSA) is 45.8 Å². The summed E-state index contributed by atoms with van der Waals surface area (Å²) in [7, 11) is 0. The van der Waals surface area contributed by atoms with Crippen LogP contribution in [-0.2, 0) is 0 Å². The van der Waals surface area contributed by atoms with Gasteiger partial charge in [0, 0.05) is 11.1 Å². The molecular weight excluding hydrogens is 140 g/mol. The molecule has 0 saturated carbocycles.